The molecule has 70 valence electrons. The highest BCUT2D eigenvalue weighted by atomic mass is 127. The predicted molar refractivity (Wildman–Crippen MR) is 77.4 cm³/mol. The fraction of sp³-hybridized carbons (Fsp3) is 0.167. The standard InChI is InChI=1S/C12H8I2/c13-12(14)7-9-5-1-3-8-4-2-6-10(12)11(8)9/h1-6H,7H2. The van der Waals surface area contributed by atoms with Crippen LogP contribution in [0.2, 0.25) is 0 Å². The van der Waals surface area contributed by atoms with E-state index in [0.717, 1.165) is 6.42 Å². The summed E-state index contributed by atoms with van der Waals surface area (Å²) in [7, 11) is 0. The van der Waals surface area contributed by atoms with Gasteiger partial charge in [-0.25, -0.2) is 0 Å². The lowest BCUT2D eigenvalue weighted by molar-refractivity contribution is 0.998. The van der Waals surface area contributed by atoms with Crippen LogP contribution < -0.4 is 0 Å². The van der Waals surface area contributed by atoms with E-state index in [0.29, 0.717) is 0 Å². The van der Waals surface area contributed by atoms with Gasteiger partial charge in [-0.15, -0.1) is 0 Å². The quantitative estimate of drug-likeness (QED) is 0.449. The molecule has 2 aromatic rings. The Morgan fingerprint density at radius 3 is 2.50 bits per heavy atom. The van der Waals surface area contributed by atoms with Crippen molar-refractivity contribution in [3.8, 4) is 0 Å². The van der Waals surface area contributed by atoms with Crippen LogP contribution in [0.3, 0.4) is 0 Å². The Labute approximate surface area is 110 Å². The zero-order valence-corrected chi connectivity index (χ0v) is 11.7. The first-order chi connectivity index (χ1) is 6.68. The van der Waals surface area contributed by atoms with E-state index in [1.807, 2.05) is 0 Å². The number of alkyl halides is 2. The van der Waals surface area contributed by atoms with Gasteiger partial charge in [0.2, 0.25) is 0 Å². The fourth-order valence-corrected chi connectivity index (χ4v) is 3.93. The lowest BCUT2D eigenvalue weighted by Gasteiger charge is -2.13. The van der Waals surface area contributed by atoms with E-state index in [1.54, 1.807) is 0 Å². The summed E-state index contributed by atoms with van der Waals surface area (Å²) >= 11 is 5.12. The second kappa shape index (κ2) is 3.07. The fourth-order valence-electron chi connectivity index (χ4n) is 2.21. The monoisotopic (exact) mass is 406 g/mol. The van der Waals surface area contributed by atoms with Gasteiger partial charge in [0.25, 0.3) is 0 Å². The molecule has 0 spiro atoms. The zero-order chi connectivity index (χ0) is 9.76. The van der Waals surface area contributed by atoms with Crippen LogP contribution in [0.5, 0.6) is 0 Å². The summed E-state index contributed by atoms with van der Waals surface area (Å²) in [5.41, 5.74) is 2.99. The van der Waals surface area contributed by atoms with Crippen molar-refractivity contribution in [2.75, 3.05) is 0 Å². The minimum absolute atomic E-state index is 0.263. The molecule has 0 saturated carbocycles. The van der Waals surface area contributed by atoms with Gasteiger partial charge in [-0.1, -0.05) is 81.6 Å². The van der Waals surface area contributed by atoms with Crippen LogP contribution in [0.1, 0.15) is 11.1 Å². The molecule has 1 aliphatic rings. The van der Waals surface area contributed by atoms with Crippen molar-refractivity contribution in [2.24, 2.45) is 0 Å². The number of rotatable bonds is 0. The Bertz CT molecular complexity index is 509. The summed E-state index contributed by atoms with van der Waals surface area (Å²) in [6.07, 6.45) is 1.16. The maximum Gasteiger partial charge on any atom is 0.103 e. The molecule has 0 fully saturated rings. The Hall–Kier alpha value is 0.160. The van der Waals surface area contributed by atoms with Crippen molar-refractivity contribution < 1.29 is 0 Å². The van der Waals surface area contributed by atoms with Gasteiger partial charge in [0, 0.05) is 6.42 Å². The van der Waals surface area contributed by atoms with Crippen LogP contribution in [0.15, 0.2) is 36.4 Å². The Morgan fingerprint density at radius 1 is 1.00 bits per heavy atom. The van der Waals surface area contributed by atoms with E-state index in [1.165, 1.54) is 21.9 Å². The van der Waals surface area contributed by atoms with E-state index in [2.05, 4.69) is 81.6 Å². The van der Waals surface area contributed by atoms with Gasteiger partial charge in [-0.3, -0.25) is 0 Å². The first-order valence-corrected chi connectivity index (χ1v) is 6.73. The summed E-state index contributed by atoms with van der Waals surface area (Å²) in [5.74, 6) is 0. The van der Waals surface area contributed by atoms with Crippen molar-refractivity contribution in [2.45, 2.75) is 7.85 Å². The summed E-state index contributed by atoms with van der Waals surface area (Å²) in [5, 5.41) is 2.87. The topological polar surface area (TPSA) is 0 Å². The van der Waals surface area contributed by atoms with E-state index in [-0.39, 0.29) is 1.43 Å². The Kier molecular flexibility index (Phi) is 2.06. The molecule has 0 aliphatic heterocycles. The van der Waals surface area contributed by atoms with Gasteiger partial charge in [0.15, 0.2) is 0 Å². The molecule has 0 nitrogen and oxygen atoms in total. The van der Waals surface area contributed by atoms with Crippen molar-refractivity contribution in [3.05, 3.63) is 47.5 Å². The summed E-state index contributed by atoms with van der Waals surface area (Å²) < 4.78 is 0.263. The maximum atomic E-state index is 2.56. The van der Waals surface area contributed by atoms with E-state index in [4.69, 9.17) is 0 Å². The van der Waals surface area contributed by atoms with Gasteiger partial charge < -0.3 is 0 Å². The molecule has 3 rings (SSSR count). The van der Waals surface area contributed by atoms with E-state index in [9.17, 15) is 0 Å². The third kappa shape index (κ3) is 1.23. The first kappa shape index (κ1) is 9.39. The lowest BCUT2D eigenvalue weighted by Crippen LogP contribution is -2.04. The van der Waals surface area contributed by atoms with Gasteiger partial charge in [0.05, 0.1) is 0 Å². The summed E-state index contributed by atoms with van der Waals surface area (Å²) in [6, 6.07) is 13.3. The molecule has 0 radical (unpaired) electrons. The third-order valence-corrected chi connectivity index (χ3v) is 4.72. The van der Waals surface area contributed by atoms with Gasteiger partial charge in [-0.2, -0.15) is 0 Å². The molecule has 0 N–H and O–H groups in total. The summed E-state index contributed by atoms with van der Waals surface area (Å²) in [4.78, 5) is 0. The molecule has 0 amide bonds. The Balaban J connectivity index is 2.50. The molecule has 0 unspecified atom stereocenters. The highest BCUT2D eigenvalue weighted by Gasteiger charge is 2.34. The molecule has 0 saturated heterocycles. The molecule has 1 aliphatic carbocycles. The summed E-state index contributed by atoms with van der Waals surface area (Å²) in [6.45, 7) is 0. The van der Waals surface area contributed by atoms with Crippen molar-refractivity contribution in [3.63, 3.8) is 0 Å². The van der Waals surface area contributed by atoms with Crippen molar-refractivity contribution >= 4 is 56.0 Å². The third-order valence-electron chi connectivity index (χ3n) is 2.80. The van der Waals surface area contributed by atoms with Crippen LogP contribution in [0, 0.1) is 0 Å². The molecular weight excluding hydrogens is 398 g/mol. The second-order valence-electron chi connectivity index (χ2n) is 3.70. The predicted octanol–water partition coefficient (Wildman–Crippen LogP) is 4.42. The zero-order valence-electron chi connectivity index (χ0n) is 7.43. The first-order valence-electron chi connectivity index (χ1n) is 4.57. The molecule has 0 heterocycles. The lowest BCUT2D eigenvalue weighted by atomic mass is 10.1. The minimum Gasteiger partial charge on any atom is -0.0615 e. The smallest absolute Gasteiger partial charge is 0.0615 e. The molecular formula is C12H8I2. The number of halogens is 2. The highest BCUT2D eigenvalue weighted by molar-refractivity contribution is 14.2. The van der Waals surface area contributed by atoms with Gasteiger partial charge >= 0.3 is 0 Å². The molecule has 2 heteroatoms. The molecule has 0 atom stereocenters. The van der Waals surface area contributed by atoms with Crippen molar-refractivity contribution in [1.29, 1.82) is 0 Å². The van der Waals surface area contributed by atoms with E-state index >= 15 is 0 Å². The number of hydrogen-bond acceptors (Lipinski definition) is 0. The molecule has 2 aromatic carbocycles. The minimum atomic E-state index is 0.263. The second-order valence-corrected chi connectivity index (χ2v) is 9.45. The normalized spacial score (nSPS) is 17.6. The van der Waals surface area contributed by atoms with Crippen LogP contribution in [-0.4, -0.2) is 0 Å². The van der Waals surface area contributed by atoms with Crippen molar-refractivity contribution in [1.82, 2.24) is 0 Å². The van der Waals surface area contributed by atoms with Gasteiger partial charge in [-0.05, 0) is 21.9 Å². The number of hydrogen-bond donors (Lipinski definition) is 0. The SMILES string of the molecule is IC1(I)Cc2cccc3cccc1c23. The van der Waals surface area contributed by atoms with Crippen LogP contribution in [0.4, 0.5) is 0 Å². The Morgan fingerprint density at radius 2 is 1.71 bits per heavy atom. The largest absolute Gasteiger partial charge is 0.103 e. The average Bonchev–Trinajstić information content (AvgIpc) is 2.41. The highest BCUT2D eigenvalue weighted by Crippen LogP contribution is 2.51. The van der Waals surface area contributed by atoms with Crippen LogP contribution in [-0.2, 0) is 7.85 Å². The van der Waals surface area contributed by atoms with E-state index < -0.39 is 0 Å². The maximum absolute atomic E-state index is 2.56. The van der Waals surface area contributed by atoms with Gasteiger partial charge in [0.1, 0.15) is 1.43 Å². The molecule has 0 aromatic heterocycles. The molecule has 14 heavy (non-hydrogen) atoms. The molecule has 0 bridgehead atoms. The number of benzene rings is 2. The van der Waals surface area contributed by atoms with Crippen LogP contribution in [0.25, 0.3) is 10.8 Å². The average molecular weight is 406 g/mol. The van der Waals surface area contributed by atoms with Crippen LogP contribution >= 0.6 is 45.2 Å².